The number of carbonyl (C=O) groups is 3. The van der Waals surface area contributed by atoms with Gasteiger partial charge in [0.15, 0.2) is 0 Å². The first kappa shape index (κ1) is 23.8. The summed E-state index contributed by atoms with van der Waals surface area (Å²) in [7, 11) is 0. The van der Waals surface area contributed by atoms with Crippen LogP contribution >= 0.6 is 11.8 Å². The van der Waals surface area contributed by atoms with Crippen molar-refractivity contribution in [3.05, 3.63) is 88.2 Å². The number of imide groups is 1. The van der Waals surface area contributed by atoms with Crippen LogP contribution in [0, 0.1) is 13.8 Å². The zero-order valence-corrected chi connectivity index (χ0v) is 20.4. The first-order valence-electron chi connectivity index (χ1n) is 11.2. The Hall–Kier alpha value is -3.39. The van der Waals surface area contributed by atoms with Gasteiger partial charge in [0, 0.05) is 17.8 Å². The lowest BCUT2D eigenvalue weighted by Crippen LogP contribution is -2.49. The Balaban J connectivity index is 1.50. The SMILES string of the molecule is CSCCC(C(=O)NCc1c(C)nn(Cc2ccccc2)c1C)N1C(=O)c2ccccc2C1=O. The number of thioether (sulfide) groups is 1. The summed E-state index contributed by atoms with van der Waals surface area (Å²) in [5, 5.41) is 7.61. The summed E-state index contributed by atoms with van der Waals surface area (Å²) in [5.41, 5.74) is 4.60. The Morgan fingerprint density at radius 2 is 1.62 bits per heavy atom. The zero-order chi connectivity index (χ0) is 24.2. The number of benzene rings is 2. The smallest absolute Gasteiger partial charge is 0.262 e. The molecule has 0 fully saturated rings. The van der Waals surface area contributed by atoms with Gasteiger partial charge in [-0.05, 0) is 50.0 Å². The van der Waals surface area contributed by atoms with Crippen molar-refractivity contribution in [3.63, 3.8) is 0 Å². The number of nitrogens with one attached hydrogen (secondary N) is 1. The molecule has 0 radical (unpaired) electrons. The van der Waals surface area contributed by atoms with Crippen LogP contribution in [0.2, 0.25) is 0 Å². The monoisotopic (exact) mass is 476 g/mol. The Morgan fingerprint density at radius 3 is 2.24 bits per heavy atom. The molecule has 1 aliphatic rings. The van der Waals surface area contributed by atoms with Crippen molar-refractivity contribution in [2.24, 2.45) is 0 Å². The molecule has 0 spiro atoms. The van der Waals surface area contributed by atoms with Crippen LogP contribution in [0.5, 0.6) is 0 Å². The van der Waals surface area contributed by atoms with Gasteiger partial charge in [-0.2, -0.15) is 16.9 Å². The van der Waals surface area contributed by atoms with Crippen LogP contribution in [0.4, 0.5) is 0 Å². The Bertz CT molecular complexity index is 1190. The van der Waals surface area contributed by atoms with Crippen molar-refractivity contribution >= 4 is 29.5 Å². The molecular weight excluding hydrogens is 448 g/mol. The van der Waals surface area contributed by atoms with Crippen molar-refractivity contribution in [3.8, 4) is 0 Å². The molecule has 1 aliphatic heterocycles. The third-order valence-corrected chi connectivity index (χ3v) is 6.83. The van der Waals surface area contributed by atoms with E-state index >= 15 is 0 Å². The Morgan fingerprint density at radius 1 is 1.00 bits per heavy atom. The number of nitrogens with zero attached hydrogens (tertiary/aromatic N) is 3. The van der Waals surface area contributed by atoms with Crippen LogP contribution in [0.25, 0.3) is 0 Å². The quantitative estimate of drug-likeness (QED) is 0.477. The molecule has 7 nitrogen and oxygen atoms in total. The summed E-state index contributed by atoms with van der Waals surface area (Å²) < 4.78 is 1.93. The van der Waals surface area contributed by atoms with Crippen molar-refractivity contribution in [2.45, 2.75) is 39.4 Å². The van der Waals surface area contributed by atoms with Gasteiger partial charge in [0.2, 0.25) is 5.91 Å². The van der Waals surface area contributed by atoms with Gasteiger partial charge in [-0.25, -0.2) is 0 Å². The molecule has 1 unspecified atom stereocenters. The highest BCUT2D eigenvalue weighted by Crippen LogP contribution is 2.26. The minimum Gasteiger partial charge on any atom is -0.350 e. The van der Waals surface area contributed by atoms with Crippen LogP contribution < -0.4 is 5.32 Å². The van der Waals surface area contributed by atoms with Gasteiger partial charge >= 0.3 is 0 Å². The number of carbonyl (C=O) groups excluding carboxylic acids is 3. The highest BCUT2D eigenvalue weighted by atomic mass is 32.2. The first-order chi connectivity index (χ1) is 16.4. The van der Waals surface area contributed by atoms with Crippen molar-refractivity contribution in [1.29, 1.82) is 0 Å². The fraction of sp³-hybridized carbons (Fsp3) is 0.308. The lowest BCUT2D eigenvalue weighted by Gasteiger charge is -2.25. The van der Waals surface area contributed by atoms with E-state index in [9.17, 15) is 14.4 Å². The molecule has 0 aliphatic carbocycles. The second kappa shape index (κ2) is 10.3. The third-order valence-electron chi connectivity index (χ3n) is 6.18. The Kier molecular flexibility index (Phi) is 7.17. The molecule has 176 valence electrons. The van der Waals surface area contributed by atoms with Crippen LogP contribution in [-0.2, 0) is 17.9 Å². The first-order valence-corrected chi connectivity index (χ1v) is 12.6. The van der Waals surface area contributed by atoms with Crippen molar-refractivity contribution in [1.82, 2.24) is 20.0 Å². The molecule has 0 bridgehead atoms. The van der Waals surface area contributed by atoms with Gasteiger partial charge in [0.1, 0.15) is 6.04 Å². The summed E-state index contributed by atoms with van der Waals surface area (Å²) in [6.45, 7) is 4.84. The van der Waals surface area contributed by atoms with E-state index in [1.165, 1.54) is 0 Å². The van der Waals surface area contributed by atoms with E-state index in [1.807, 2.05) is 43.0 Å². The number of hydrogen-bond donors (Lipinski definition) is 1. The van der Waals surface area contributed by atoms with E-state index in [0.29, 0.717) is 29.8 Å². The number of aromatic nitrogens is 2. The molecule has 0 saturated heterocycles. The largest absolute Gasteiger partial charge is 0.350 e. The highest BCUT2D eigenvalue weighted by Gasteiger charge is 2.42. The number of amides is 3. The summed E-state index contributed by atoms with van der Waals surface area (Å²) >= 11 is 1.57. The number of rotatable bonds is 9. The maximum Gasteiger partial charge on any atom is 0.262 e. The molecule has 1 N–H and O–H groups in total. The predicted octanol–water partition coefficient (Wildman–Crippen LogP) is 3.58. The summed E-state index contributed by atoms with van der Waals surface area (Å²) in [5.74, 6) is -0.508. The molecule has 1 aromatic heterocycles. The maximum absolute atomic E-state index is 13.3. The number of aryl methyl sites for hydroxylation is 1. The molecule has 1 atom stereocenters. The van der Waals surface area contributed by atoms with Crippen LogP contribution in [0.3, 0.4) is 0 Å². The van der Waals surface area contributed by atoms with Crippen LogP contribution in [-0.4, -0.2) is 50.5 Å². The van der Waals surface area contributed by atoms with E-state index in [1.54, 1.807) is 36.0 Å². The molecule has 2 heterocycles. The van der Waals surface area contributed by atoms with E-state index < -0.39 is 17.9 Å². The minimum atomic E-state index is -0.861. The fourth-order valence-corrected chi connectivity index (χ4v) is 4.75. The summed E-state index contributed by atoms with van der Waals surface area (Å²) in [4.78, 5) is 40.4. The lowest BCUT2D eigenvalue weighted by molar-refractivity contribution is -0.125. The molecule has 34 heavy (non-hydrogen) atoms. The number of fused-ring (bicyclic) bond motifs is 1. The average Bonchev–Trinajstić information content (AvgIpc) is 3.25. The van der Waals surface area contributed by atoms with Crippen molar-refractivity contribution in [2.75, 3.05) is 12.0 Å². The topological polar surface area (TPSA) is 84.3 Å². The highest BCUT2D eigenvalue weighted by molar-refractivity contribution is 7.98. The molecule has 3 amide bonds. The third kappa shape index (κ3) is 4.63. The second-order valence-electron chi connectivity index (χ2n) is 8.33. The molecule has 8 heteroatoms. The van der Waals surface area contributed by atoms with Gasteiger partial charge in [0.05, 0.1) is 23.4 Å². The van der Waals surface area contributed by atoms with E-state index in [0.717, 1.165) is 27.4 Å². The van der Waals surface area contributed by atoms with E-state index in [-0.39, 0.29) is 12.5 Å². The normalized spacial score (nSPS) is 13.8. The summed E-state index contributed by atoms with van der Waals surface area (Å²) in [6, 6.07) is 15.9. The van der Waals surface area contributed by atoms with E-state index in [2.05, 4.69) is 22.5 Å². The Labute approximate surface area is 203 Å². The van der Waals surface area contributed by atoms with Gasteiger partial charge in [-0.3, -0.25) is 24.0 Å². The van der Waals surface area contributed by atoms with Crippen molar-refractivity contribution < 1.29 is 14.4 Å². The zero-order valence-electron chi connectivity index (χ0n) is 19.6. The van der Waals surface area contributed by atoms with Gasteiger partial charge in [-0.1, -0.05) is 42.5 Å². The van der Waals surface area contributed by atoms with Gasteiger partial charge in [0.25, 0.3) is 11.8 Å². The maximum atomic E-state index is 13.3. The number of hydrogen-bond acceptors (Lipinski definition) is 5. The molecule has 2 aromatic carbocycles. The molecule has 3 aromatic rings. The molecule has 4 rings (SSSR count). The lowest BCUT2D eigenvalue weighted by atomic mass is 10.1. The van der Waals surface area contributed by atoms with Crippen LogP contribution in [0.1, 0.15) is 49.7 Å². The molecule has 0 saturated carbocycles. The molecular formula is C26H28N4O3S. The minimum absolute atomic E-state index is 0.282. The summed E-state index contributed by atoms with van der Waals surface area (Å²) in [6.07, 6.45) is 2.33. The van der Waals surface area contributed by atoms with Crippen LogP contribution in [0.15, 0.2) is 54.6 Å². The second-order valence-corrected chi connectivity index (χ2v) is 9.32. The van der Waals surface area contributed by atoms with E-state index in [4.69, 9.17) is 0 Å². The van der Waals surface area contributed by atoms with Gasteiger partial charge in [-0.15, -0.1) is 0 Å². The fourth-order valence-electron chi connectivity index (χ4n) is 4.29. The standard InChI is InChI=1S/C26H28N4O3S/c1-17-22(18(2)29(28-17)16-19-9-5-4-6-10-19)15-27-24(31)23(13-14-34-3)30-25(32)20-11-7-8-12-21(20)26(30)33/h4-12,23H,13-16H2,1-3H3,(H,27,31). The predicted molar refractivity (Wildman–Crippen MR) is 133 cm³/mol. The van der Waals surface area contributed by atoms with Gasteiger partial charge < -0.3 is 5.32 Å². The average molecular weight is 477 g/mol.